The Morgan fingerprint density at radius 3 is 2.67 bits per heavy atom. The van der Waals surface area contributed by atoms with E-state index in [-0.39, 0.29) is 47.0 Å². The molecule has 22 heteroatoms. The minimum Gasteiger partial charge on any atom is -0.478 e. The lowest BCUT2D eigenvalue weighted by atomic mass is 9.98. The highest BCUT2D eigenvalue weighted by Crippen LogP contribution is 2.40. The van der Waals surface area contributed by atoms with E-state index < -0.39 is 51.5 Å². The highest BCUT2D eigenvalue weighted by molar-refractivity contribution is 7.84. The van der Waals surface area contributed by atoms with E-state index >= 15 is 0 Å². The Kier molecular flexibility index (Phi) is 8.89. The number of nitrogens with zero attached hydrogens (tertiary/aromatic N) is 7. The van der Waals surface area contributed by atoms with E-state index in [4.69, 9.17) is 22.0 Å². The van der Waals surface area contributed by atoms with Crippen LogP contribution in [0.1, 0.15) is 30.7 Å². The van der Waals surface area contributed by atoms with Crippen molar-refractivity contribution in [2.45, 2.75) is 50.0 Å². The van der Waals surface area contributed by atoms with Crippen molar-refractivity contribution in [3.63, 3.8) is 0 Å². The summed E-state index contributed by atoms with van der Waals surface area (Å²) >= 11 is 0.964. The van der Waals surface area contributed by atoms with Gasteiger partial charge in [-0.3, -0.25) is 14.1 Å². The van der Waals surface area contributed by atoms with Gasteiger partial charge in [-0.2, -0.15) is 23.4 Å². The summed E-state index contributed by atoms with van der Waals surface area (Å²) < 4.78 is 33.6. The van der Waals surface area contributed by atoms with Crippen LogP contribution in [0.15, 0.2) is 21.7 Å². The predicted octanol–water partition coefficient (Wildman–Crippen LogP) is -3.39. The van der Waals surface area contributed by atoms with Crippen molar-refractivity contribution in [1.29, 1.82) is 0 Å². The molecular formula is C20H28N12O8S2. The van der Waals surface area contributed by atoms with Crippen LogP contribution in [0.3, 0.4) is 0 Å². The standard InChI is InChI=1S/C20H28N12O8S2/c21-4-1-5-24-18(22)25-6-10-7-26-31(29-10)8-12-14(16(34)32(12)42(37,38)39)28-15(33)13(11-9-41-19(23)27-11)30-40-20(2-3-20)17(35)36/h7,9,12,14H,1-6,8,21H2,(H2,23,27)(H,28,33)(H,35,36)(H3,22,24,25)(H,37,38,39)/b30-13-. The minimum absolute atomic E-state index is 0.0294. The molecule has 228 valence electrons. The summed E-state index contributed by atoms with van der Waals surface area (Å²) in [6.45, 7) is 0.676. The number of nitrogens with one attached hydrogen (secondary N) is 2. The lowest BCUT2D eigenvalue weighted by Crippen LogP contribution is -2.73. The van der Waals surface area contributed by atoms with Gasteiger partial charge < -0.3 is 37.8 Å². The van der Waals surface area contributed by atoms with Gasteiger partial charge in [-0.15, -0.1) is 11.3 Å². The number of oxime groups is 1. The van der Waals surface area contributed by atoms with Gasteiger partial charge in [0.05, 0.1) is 19.3 Å². The van der Waals surface area contributed by atoms with Crippen molar-refractivity contribution in [2.75, 3.05) is 18.8 Å². The number of guanidine groups is 1. The molecule has 1 saturated carbocycles. The van der Waals surface area contributed by atoms with Crippen molar-refractivity contribution in [1.82, 2.24) is 34.9 Å². The van der Waals surface area contributed by atoms with Gasteiger partial charge in [-0.05, 0) is 13.0 Å². The molecule has 2 aliphatic rings. The number of thiazole rings is 1. The number of rotatable bonds is 14. The molecule has 1 saturated heterocycles. The maximum absolute atomic E-state index is 13.2. The van der Waals surface area contributed by atoms with Gasteiger partial charge >= 0.3 is 16.3 Å². The van der Waals surface area contributed by atoms with E-state index in [1.807, 2.05) is 0 Å². The molecular weight excluding hydrogens is 600 g/mol. The molecule has 2 unspecified atom stereocenters. The fourth-order valence-corrected chi connectivity index (χ4v) is 5.16. The van der Waals surface area contributed by atoms with Crippen LogP contribution in [-0.2, 0) is 42.6 Å². The number of aliphatic carboxylic acids is 1. The third kappa shape index (κ3) is 6.89. The molecule has 3 heterocycles. The van der Waals surface area contributed by atoms with E-state index in [1.54, 1.807) is 0 Å². The third-order valence-electron chi connectivity index (χ3n) is 6.12. The van der Waals surface area contributed by atoms with Crippen molar-refractivity contribution in [3.05, 3.63) is 23.0 Å². The second-order valence-electron chi connectivity index (χ2n) is 9.19. The first-order valence-electron chi connectivity index (χ1n) is 12.3. The molecule has 2 fully saturated rings. The molecule has 42 heavy (non-hydrogen) atoms. The van der Waals surface area contributed by atoms with Gasteiger partial charge in [-0.25, -0.2) is 19.1 Å². The highest BCUT2D eigenvalue weighted by atomic mass is 32.2. The topological polar surface area (TPSA) is 309 Å². The van der Waals surface area contributed by atoms with Crippen molar-refractivity contribution < 1.29 is 37.3 Å². The minimum atomic E-state index is -5.02. The Balaban J connectivity index is 1.50. The zero-order valence-electron chi connectivity index (χ0n) is 21.8. The number of anilines is 1. The molecule has 1 aliphatic carbocycles. The van der Waals surface area contributed by atoms with Crippen molar-refractivity contribution >= 4 is 56.2 Å². The molecule has 0 spiro atoms. The van der Waals surface area contributed by atoms with Crippen LogP contribution >= 0.6 is 11.3 Å². The summed E-state index contributed by atoms with van der Waals surface area (Å²) in [7, 11) is -5.02. The van der Waals surface area contributed by atoms with Crippen LogP contribution in [0, 0.1) is 0 Å². The molecule has 10 N–H and O–H groups in total. The Morgan fingerprint density at radius 2 is 2.07 bits per heavy atom. The summed E-state index contributed by atoms with van der Waals surface area (Å²) in [6.07, 6.45) is 2.35. The number of amides is 2. The number of hydrogen-bond acceptors (Lipinski definition) is 14. The first-order chi connectivity index (χ1) is 19.8. The van der Waals surface area contributed by atoms with Crippen molar-refractivity contribution in [2.24, 2.45) is 21.6 Å². The number of carboxylic acid groups (broad SMARTS) is 1. The van der Waals surface area contributed by atoms with E-state index in [9.17, 15) is 32.5 Å². The van der Waals surface area contributed by atoms with Crippen LogP contribution in [0.4, 0.5) is 5.13 Å². The normalized spacial score (nSPS) is 20.1. The second kappa shape index (κ2) is 12.2. The summed E-state index contributed by atoms with van der Waals surface area (Å²) in [6, 6.07) is -2.83. The Labute approximate surface area is 241 Å². The Hall–Kier alpha value is -4.41. The zero-order valence-corrected chi connectivity index (χ0v) is 23.4. The van der Waals surface area contributed by atoms with Gasteiger partial charge in [0.2, 0.25) is 5.60 Å². The number of carboxylic acids is 1. The maximum Gasteiger partial charge on any atom is 0.362 e. The van der Waals surface area contributed by atoms with Gasteiger partial charge in [0.25, 0.3) is 11.8 Å². The molecule has 0 radical (unpaired) electrons. The number of hydrogen-bond donors (Lipinski definition) is 7. The van der Waals surface area contributed by atoms with Crippen LogP contribution in [0.2, 0.25) is 0 Å². The molecule has 2 aromatic heterocycles. The number of nitrogens with two attached hydrogens (primary N) is 3. The predicted molar refractivity (Wildman–Crippen MR) is 145 cm³/mol. The highest BCUT2D eigenvalue weighted by Gasteiger charge is 2.56. The molecule has 4 rings (SSSR count). The number of nitrogen functional groups attached to an aromatic ring is 1. The lowest BCUT2D eigenvalue weighted by Gasteiger charge is -2.43. The van der Waals surface area contributed by atoms with Crippen LogP contribution in [0.5, 0.6) is 0 Å². The van der Waals surface area contributed by atoms with Crippen LogP contribution < -0.4 is 27.8 Å². The van der Waals surface area contributed by atoms with Gasteiger partial charge in [-0.1, -0.05) is 5.16 Å². The number of carbonyl (C=O) groups excluding carboxylic acids is 2. The van der Waals surface area contributed by atoms with Crippen LogP contribution in [0.25, 0.3) is 0 Å². The first kappa shape index (κ1) is 30.5. The molecule has 2 aromatic rings. The SMILES string of the molecule is NCCCNC(N)=NCc1cnn(CC2C(NC(=O)/C(=N\OC3(C(=O)O)CC3)c3csc(N)n3)C(=O)N2S(=O)(=O)O)n1. The van der Waals surface area contributed by atoms with Gasteiger partial charge in [0.15, 0.2) is 16.8 Å². The van der Waals surface area contributed by atoms with E-state index in [0.29, 0.717) is 25.2 Å². The molecule has 2 atom stereocenters. The number of aliphatic imine (C=N–C) groups is 1. The average molecular weight is 629 g/mol. The number of β-lactam (4-membered cyclic amide) rings is 1. The van der Waals surface area contributed by atoms with Gasteiger partial charge in [0, 0.05) is 24.8 Å². The van der Waals surface area contributed by atoms with Crippen LogP contribution in [-0.4, -0.2) is 103 Å². The van der Waals surface area contributed by atoms with Crippen molar-refractivity contribution in [3.8, 4) is 0 Å². The van der Waals surface area contributed by atoms with E-state index in [2.05, 4.69) is 36.0 Å². The smallest absolute Gasteiger partial charge is 0.362 e. The molecule has 0 aromatic carbocycles. The van der Waals surface area contributed by atoms with Gasteiger partial charge in [0.1, 0.15) is 23.5 Å². The monoisotopic (exact) mass is 628 g/mol. The fourth-order valence-electron chi connectivity index (χ4n) is 3.74. The number of carbonyl (C=O) groups is 3. The maximum atomic E-state index is 13.2. The fraction of sp³-hybridized carbons (Fsp3) is 0.500. The van der Waals surface area contributed by atoms with E-state index in [0.717, 1.165) is 16.1 Å². The summed E-state index contributed by atoms with van der Waals surface area (Å²) in [5, 5.41) is 27.9. The summed E-state index contributed by atoms with van der Waals surface area (Å²) in [5.41, 5.74) is 15.0. The average Bonchev–Trinajstić information content (AvgIpc) is 3.38. The summed E-state index contributed by atoms with van der Waals surface area (Å²) in [5.74, 6) is -3.31. The Bertz CT molecular complexity index is 1520. The summed E-state index contributed by atoms with van der Waals surface area (Å²) in [4.78, 5) is 51.6. The molecule has 1 aliphatic heterocycles. The third-order valence-corrected chi connectivity index (χ3v) is 7.74. The molecule has 20 nitrogen and oxygen atoms in total. The first-order valence-corrected chi connectivity index (χ1v) is 14.6. The second-order valence-corrected chi connectivity index (χ2v) is 11.4. The molecule has 2 amide bonds. The quantitative estimate of drug-likeness (QED) is 0.0268. The Morgan fingerprint density at radius 1 is 1.33 bits per heavy atom. The number of aromatic nitrogens is 4. The zero-order chi connectivity index (χ0) is 30.7. The largest absolute Gasteiger partial charge is 0.478 e. The lowest BCUT2D eigenvalue weighted by molar-refractivity contribution is -0.153. The molecule has 0 bridgehead atoms. The van der Waals surface area contributed by atoms with E-state index in [1.165, 1.54) is 11.6 Å².